The van der Waals surface area contributed by atoms with Crippen molar-refractivity contribution in [2.75, 3.05) is 39.6 Å². The number of ether oxygens (including phenoxy) is 4. The van der Waals surface area contributed by atoms with Gasteiger partial charge >= 0.3 is 5.97 Å². The minimum Gasteiger partial charge on any atom is -0.493 e. The number of carboxylic acid groups (broad SMARTS) is 1. The van der Waals surface area contributed by atoms with Crippen LogP contribution >= 0.6 is 0 Å². The van der Waals surface area contributed by atoms with E-state index in [1.54, 1.807) is 0 Å². The number of aliphatic carboxylic acids is 1. The van der Waals surface area contributed by atoms with E-state index in [4.69, 9.17) is 18.9 Å². The van der Waals surface area contributed by atoms with Crippen LogP contribution in [0.1, 0.15) is 28.7 Å². The van der Waals surface area contributed by atoms with Crippen molar-refractivity contribution in [1.29, 1.82) is 0 Å². The molecule has 0 bridgehead atoms. The maximum Gasteiger partial charge on any atom is 0.304 e. The molecule has 0 unspecified atom stereocenters. The number of aliphatic hydroxyl groups is 1. The smallest absolute Gasteiger partial charge is 0.304 e. The molecule has 7 nitrogen and oxygen atoms in total. The molecule has 0 spiro atoms. The van der Waals surface area contributed by atoms with Crippen LogP contribution in [0, 0.1) is 19.3 Å². The molecular weight excluding hydrogens is 484 g/mol. The van der Waals surface area contributed by atoms with Gasteiger partial charge in [-0.2, -0.15) is 0 Å². The molecule has 2 heterocycles. The number of carbonyl (C=O) groups is 1. The molecule has 38 heavy (non-hydrogen) atoms. The highest BCUT2D eigenvalue weighted by atomic mass is 16.5. The molecule has 2 saturated heterocycles. The molecule has 0 radical (unpaired) electrons. The summed E-state index contributed by atoms with van der Waals surface area (Å²) in [7, 11) is 0. The van der Waals surface area contributed by atoms with E-state index >= 15 is 0 Å². The van der Waals surface area contributed by atoms with E-state index in [0.29, 0.717) is 39.6 Å². The first-order valence-electron chi connectivity index (χ1n) is 12.9. The lowest BCUT2D eigenvalue weighted by molar-refractivity contribution is -0.153. The van der Waals surface area contributed by atoms with E-state index in [1.807, 2.05) is 48.5 Å². The van der Waals surface area contributed by atoms with Gasteiger partial charge in [0.05, 0.1) is 50.3 Å². The van der Waals surface area contributed by atoms with Gasteiger partial charge in [-0.15, -0.1) is 0 Å². The Morgan fingerprint density at radius 1 is 0.895 bits per heavy atom. The highest BCUT2D eigenvalue weighted by Crippen LogP contribution is 2.37. The summed E-state index contributed by atoms with van der Waals surface area (Å²) in [6, 6.07) is 20.1. The van der Waals surface area contributed by atoms with Gasteiger partial charge in [-0.1, -0.05) is 30.3 Å². The molecule has 0 saturated carbocycles. The average Bonchev–Trinajstić information content (AvgIpc) is 2.85. The molecule has 0 aliphatic carbocycles. The summed E-state index contributed by atoms with van der Waals surface area (Å²) in [5.74, 6) is 0.709. The molecule has 0 amide bonds. The van der Waals surface area contributed by atoms with Crippen LogP contribution < -0.4 is 9.47 Å². The van der Waals surface area contributed by atoms with Gasteiger partial charge in [-0.3, -0.25) is 4.79 Å². The zero-order valence-corrected chi connectivity index (χ0v) is 21.9. The van der Waals surface area contributed by atoms with Crippen molar-refractivity contribution in [2.45, 2.75) is 32.3 Å². The summed E-state index contributed by atoms with van der Waals surface area (Å²) < 4.78 is 22.7. The maximum atomic E-state index is 11.3. The Morgan fingerprint density at radius 2 is 1.58 bits per heavy atom. The fraction of sp³-hybridized carbons (Fsp3) is 0.387. The van der Waals surface area contributed by atoms with Gasteiger partial charge in [0.1, 0.15) is 24.7 Å². The predicted octanol–water partition coefficient (Wildman–Crippen LogP) is 4.68. The lowest BCUT2D eigenvalue weighted by atomic mass is 9.76. The minimum atomic E-state index is -0.819. The fourth-order valence-electron chi connectivity index (χ4n) is 5.21. The van der Waals surface area contributed by atoms with Crippen molar-refractivity contribution >= 4 is 5.97 Å². The average molecular weight is 519 g/mol. The number of aryl methyl sites for hydroxylation is 2. The van der Waals surface area contributed by atoms with Crippen molar-refractivity contribution in [3.8, 4) is 22.6 Å². The van der Waals surface area contributed by atoms with Crippen LogP contribution in [0.5, 0.6) is 11.5 Å². The third-order valence-electron chi connectivity index (χ3n) is 7.54. The van der Waals surface area contributed by atoms with Gasteiger partial charge in [0.25, 0.3) is 0 Å². The summed E-state index contributed by atoms with van der Waals surface area (Å²) in [6.45, 7) is 6.98. The zero-order chi connectivity index (χ0) is 26.8. The van der Waals surface area contributed by atoms with Crippen LogP contribution in [0.2, 0.25) is 0 Å². The van der Waals surface area contributed by atoms with E-state index in [1.165, 1.54) is 5.56 Å². The maximum absolute atomic E-state index is 11.3. The summed E-state index contributed by atoms with van der Waals surface area (Å²) >= 11 is 0. The van der Waals surface area contributed by atoms with Crippen LogP contribution in [-0.4, -0.2) is 55.8 Å². The summed E-state index contributed by atoms with van der Waals surface area (Å²) in [5, 5.41) is 18.9. The topological polar surface area (TPSA) is 94.5 Å². The number of hydrogen-bond acceptors (Lipinski definition) is 6. The van der Waals surface area contributed by atoms with Crippen LogP contribution in [-0.2, 0) is 26.3 Å². The van der Waals surface area contributed by atoms with E-state index in [0.717, 1.165) is 39.3 Å². The first-order valence-corrected chi connectivity index (χ1v) is 12.9. The third-order valence-corrected chi connectivity index (χ3v) is 7.54. The Balaban J connectivity index is 1.24. The first-order chi connectivity index (χ1) is 18.3. The van der Waals surface area contributed by atoms with Gasteiger partial charge in [0, 0.05) is 0 Å². The minimum absolute atomic E-state index is 0.0581. The van der Waals surface area contributed by atoms with Crippen molar-refractivity contribution in [3.63, 3.8) is 0 Å². The molecule has 0 atom stereocenters. The molecule has 2 N–H and O–H groups in total. The molecule has 3 aromatic carbocycles. The standard InChI is InChI=1S/C31H34O7/c1-21-10-27(38-18-30(15-32)16-35-17-30)11-22(2)29(21)24-5-3-4-23(12-24)14-37-26-8-6-25(7-9-26)31(13-28(33)34)19-36-20-31/h3-12,32H,13-20H2,1-2H3,(H,33,34). The largest absolute Gasteiger partial charge is 0.493 e. The second kappa shape index (κ2) is 10.8. The summed E-state index contributed by atoms with van der Waals surface area (Å²) in [4.78, 5) is 11.3. The summed E-state index contributed by atoms with van der Waals surface area (Å²) in [5.41, 5.74) is 5.80. The SMILES string of the molecule is Cc1cc(OCC2(CO)COC2)cc(C)c1-c1cccc(COc2ccc(C3(CC(=O)O)COC3)cc2)c1. The molecule has 0 aromatic heterocycles. The van der Waals surface area contributed by atoms with Gasteiger partial charge < -0.3 is 29.2 Å². The van der Waals surface area contributed by atoms with Crippen LogP contribution in [0.4, 0.5) is 0 Å². The first kappa shape index (κ1) is 26.2. The highest BCUT2D eigenvalue weighted by molar-refractivity contribution is 5.72. The Bertz CT molecular complexity index is 1260. The zero-order valence-electron chi connectivity index (χ0n) is 21.9. The van der Waals surface area contributed by atoms with Crippen molar-refractivity contribution in [1.82, 2.24) is 0 Å². The van der Waals surface area contributed by atoms with E-state index in [-0.39, 0.29) is 18.4 Å². The van der Waals surface area contributed by atoms with Crippen molar-refractivity contribution < 1.29 is 34.0 Å². The molecule has 2 fully saturated rings. The van der Waals surface area contributed by atoms with Crippen LogP contribution in [0.3, 0.4) is 0 Å². The Morgan fingerprint density at radius 3 is 2.13 bits per heavy atom. The molecule has 2 aliphatic heterocycles. The van der Waals surface area contributed by atoms with Gasteiger partial charge in [-0.05, 0) is 77.6 Å². The summed E-state index contributed by atoms with van der Waals surface area (Å²) in [6.07, 6.45) is 0.0599. The fourth-order valence-corrected chi connectivity index (χ4v) is 5.21. The number of carboxylic acids is 1. The molecule has 200 valence electrons. The van der Waals surface area contributed by atoms with Gasteiger partial charge in [0.2, 0.25) is 0 Å². The molecular formula is C31H34O7. The Kier molecular flexibility index (Phi) is 7.43. The molecule has 3 aromatic rings. The van der Waals surface area contributed by atoms with Crippen molar-refractivity contribution in [3.05, 3.63) is 82.9 Å². The highest BCUT2D eigenvalue weighted by Gasteiger charge is 2.42. The third kappa shape index (κ3) is 5.41. The van der Waals surface area contributed by atoms with Crippen LogP contribution in [0.15, 0.2) is 60.7 Å². The molecule has 2 aliphatic rings. The van der Waals surface area contributed by atoms with Gasteiger partial charge in [0.15, 0.2) is 0 Å². The lowest BCUT2D eigenvalue weighted by Crippen LogP contribution is -2.49. The van der Waals surface area contributed by atoms with Crippen molar-refractivity contribution in [2.24, 2.45) is 5.41 Å². The van der Waals surface area contributed by atoms with E-state index in [9.17, 15) is 15.0 Å². The second-order valence-corrected chi connectivity index (χ2v) is 10.7. The number of benzene rings is 3. The Hall–Kier alpha value is -3.39. The quantitative estimate of drug-likeness (QED) is 0.381. The molecule has 5 rings (SSSR count). The second-order valence-electron chi connectivity index (χ2n) is 10.7. The molecule has 7 heteroatoms. The van der Waals surface area contributed by atoms with E-state index in [2.05, 4.69) is 26.0 Å². The van der Waals surface area contributed by atoms with E-state index < -0.39 is 11.4 Å². The number of aliphatic hydroxyl groups excluding tert-OH is 1. The predicted molar refractivity (Wildman–Crippen MR) is 143 cm³/mol. The monoisotopic (exact) mass is 518 g/mol. The number of rotatable bonds is 11. The van der Waals surface area contributed by atoms with Gasteiger partial charge in [-0.25, -0.2) is 0 Å². The van der Waals surface area contributed by atoms with Crippen LogP contribution in [0.25, 0.3) is 11.1 Å². The Labute approximate surface area is 222 Å². The normalized spacial score (nSPS) is 17.2. The number of hydrogen-bond donors (Lipinski definition) is 2. The lowest BCUT2D eigenvalue weighted by Gasteiger charge is -2.40.